The third-order valence-electron chi connectivity index (χ3n) is 3.87. The smallest absolute Gasteiger partial charge is 0.138 e. The number of pyridine rings is 1. The zero-order valence-electron chi connectivity index (χ0n) is 12.4. The third-order valence-corrected chi connectivity index (χ3v) is 3.87. The summed E-state index contributed by atoms with van der Waals surface area (Å²) in [5.41, 5.74) is 2.28. The summed E-state index contributed by atoms with van der Waals surface area (Å²) in [5.74, 6) is 2.64. The average molecular weight is 283 g/mol. The van der Waals surface area contributed by atoms with Gasteiger partial charge in [-0.1, -0.05) is 25.0 Å². The lowest BCUT2D eigenvalue weighted by atomic mass is 10.1. The number of ether oxygens (including phenoxy) is 2. The normalized spacial score (nSPS) is 14.0. The second kappa shape index (κ2) is 6.61. The van der Waals surface area contributed by atoms with E-state index in [1.807, 2.05) is 36.5 Å². The second-order valence-electron chi connectivity index (χ2n) is 5.60. The van der Waals surface area contributed by atoms with Crippen molar-refractivity contribution in [1.29, 1.82) is 0 Å². The largest absolute Gasteiger partial charge is 0.497 e. The molecule has 0 spiro atoms. The molecule has 1 aromatic carbocycles. The first-order valence-corrected chi connectivity index (χ1v) is 7.54. The van der Waals surface area contributed by atoms with Gasteiger partial charge in [-0.25, -0.2) is 0 Å². The molecule has 0 amide bonds. The Bertz CT molecular complexity index is 559. The first-order valence-electron chi connectivity index (χ1n) is 7.54. The molecule has 1 aliphatic carbocycles. The fourth-order valence-corrected chi connectivity index (χ4v) is 2.29. The molecule has 0 saturated heterocycles. The van der Waals surface area contributed by atoms with Crippen LogP contribution in [0.4, 0.5) is 0 Å². The summed E-state index contributed by atoms with van der Waals surface area (Å²) >= 11 is 0. The van der Waals surface area contributed by atoms with Gasteiger partial charge in [0.05, 0.1) is 13.3 Å². The lowest BCUT2D eigenvalue weighted by Crippen LogP contribution is -1.97. The number of benzene rings is 1. The standard InChI is InChI=1S/C18H21NO2/c1-20-17-9-5-15(6-10-17)13-21-18-11-8-16(19-12-18)7-4-14-2-3-14/h5-6,8-12,14H,2-4,7,13H2,1H3. The van der Waals surface area contributed by atoms with Crippen molar-refractivity contribution in [2.45, 2.75) is 32.3 Å². The van der Waals surface area contributed by atoms with Gasteiger partial charge < -0.3 is 9.47 Å². The molecule has 0 unspecified atom stereocenters. The predicted octanol–water partition coefficient (Wildman–Crippen LogP) is 4.01. The van der Waals surface area contributed by atoms with E-state index >= 15 is 0 Å². The van der Waals surface area contributed by atoms with Gasteiger partial charge in [0.15, 0.2) is 0 Å². The second-order valence-corrected chi connectivity index (χ2v) is 5.60. The number of aryl methyl sites for hydroxylation is 1. The Morgan fingerprint density at radius 3 is 2.43 bits per heavy atom. The summed E-state index contributed by atoms with van der Waals surface area (Å²) < 4.78 is 10.9. The van der Waals surface area contributed by atoms with Crippen LogP contribution in [0.3, 0.4) is 0 Å². The zero-order valence-corrected chi connectivity index (χ0v) is 12.4. The third kappa shape index (κ3) is 4.22. The SMILES string of the molecule is COc1ccc(COc2ccc(CCC3CC3)nc2)cc1. The van der Waals surface area contributed by atoms with Crippen LogP contribution in [0.15, 0.2) is 42.6 Å². The fraction of sp³-hybridized carbons (Fsp3) is 0.389. The number of nitrogens with zero attached hydrogens (tertiary/aromatic N) is 1. The van der Waals surface area contributed by atoms with Crippen molar-refractivity contribution in [2.75, 3.05) is 7.11 Å². The van der Waals surface area contributed by atoms with Crippen LogP contribution in [0.5, 0.6) is 11.5 Å². The number of methoxy groups -OCH3 is 1. The summed E-state index contributed by atoms with van der Waals surface area (Å²) in [6, 6.07) is 12.0. The van der Waals surface area contributed by atoms with Crippen LogP contribution in [0.25, 0.3) is 0 Å². The van der Waals surface area contributed by atoms with E-state index in [9.17, 15) is 0 Å². The minimum Gasteiger partial charge on any atom is -0.497 e. The van der Waals surface area contributed by atoms with Crippen LogP contribution in [0.1, 0.15) is 30.5 Å². The first-order chi connectivity index (χ1) is 10.3. The Morgan fingerprint density at radius 1 is 1.05 bits per heavy atom. The van der Waals surface area contributed by atoms with Gasteiger partial charge >= 0.3 is 0 Å². The van der Waals surface area contributed by atoms with E-state index in [1.54, 1.807) is 7.11 Å². The summed E-state index contributed by atoms with van der Waals surface area (Å²) in [7, 11) is 1.67. The monoisotopic (exact) mass is 283 g/mol. The zero-order chi connectivity index (χ0) is 14.5. The lowest BCUT2D eigenvalue weighted by Gasteiger charge is -2.07. The molecule has 3 rings (SSSR count). The van der Waals surface area contributed by atoms with Crippen molar-refractivity contribution in [2.24, 2.45) is 5.92 Å². The Hall–Kier alpha value is -2.03. The molecule has 1 heterocycles. The summed E-state index contributed by atoms with van der Waals surface area (Å²) in [6.45, 7) is 0.549. The van der Waals surface area contributed by atoms with Crippen molar-refractivity contribution in [1.82, 2.24) is 4.98 Å². The summed E-state index contributed by atoms with van der Waals surface area (Å²) in [6.07, 6.45) is 7.00. The molecule has 1 saturated carbocycles. The number of rotatable bonds is 7. The molecule has 110 valence electrons. The minimum atomic E-state index is 0.549. The van der Waals surface area contributed by atoms with Crippen LogP contribution in [-0.2, 0) is 13.0 Å². The maximum Gasteiger partial charge on any atom is 0.138 e. The molecule has 0 bridgehead atoms. The van der Waals surface area contributed by atoms with E-state index < -0.39 is 0 Å². The Morgan fingerprint density at radius 2 is 1.81 bits per heavy atom. The summed E-state index contributed by atoms with van der Waals surface area (Å²) in [4.78, 5) is 4.47. The molecule has 1 aromatic heterocycles. The number of hydrogen-bond donors (Lipinski definition) is 0. The van der Waals surface area contributed by atoms with E-state index in [0.29, 0.717) is 6.61 Å². The van der Waals surface area contributed by atoms with Crippen molar-refractivity contribution in [3.63, 3.8) is 0 Å². The van der Waals surface area contributed by atoms with Crippen molar-refractivity contribution < 1.29 is 9.47 Å². The lowest BCUT2D eigenvalue weighted by molar-refractivity contribution is 0.304. The Kier molecular flexibility index (Phi) is 4.39. The first kappa shape index (κ1) is 13.9. The molecule has 3 nitrogen and oxygen atoms in total. The molecule has 3 heteroatoms. The topological polar surface area (TPSA) is 31.4 Å². The molecule has 0 radical (unpaired) electrons. The highest BCUT2D eigenvalue weighted by atomic mass is 16.5. The van der Waals surface area contributed by atoms with Gasteiger partial charge in [0.2, 0.25) is 0 Å². The highest BCUT2D eigenvalue weighted by molar-refractivity contribution is 5.27. The Balaban J connectivity index is 1.49. The van der Waals surface area contributed by atoms with Gasteiger partial charge in [0.25, 0.3) is 0 Å². The van der Waals surface area contributed by atoms with Crippen LogP contribution in [0.2, 0.25) is 0 Å². The molecule has 1 fully saturated rings. The molecule has 2 aromatic rings. The van der Waals surface area contributed by atoms with Crippen molar-refractivity contribution in [3.05, 3.63) is 53.9 Å². The molecule has 0 aliphatic heterocycles. The minimum absolute atomic E-state index is 0.549. The van der Waals surface area contributed by atoms with Gasteiger partial charge in [-0.15, -0.1) is 0 Å². The number of hydrogen-bond acceptors (Lipinski definition) is 3. The van der Waals surface area contributed by atoms with Crippen LogP contribution in [-0.4, -0.2) is 12.1 Å². The molecule has 0 N–H and O–H groups in total. The van der Waals surface area contributed by atoms with Crippen molar-refractivity contribution in [3.8, 4) is 11.5 Å². The quantitative estimate of drug-likeness (QED) is 0.769. The van der Waals surface area contributed by atoms with Gasteiger partial charge in [-0.3, -0.25) is 4.98 Å². The van der Waals surface area contributed by atoms with Crippen LogP contribution >= 0.6 is 0 Å². The fourth-order valence-electron chi connectivity index (χ4n) is 2.29. The predicted molar refractivity (Wildman–Crippen MR) is 82.6 cm³/mol. The van der Waals surface area contributed by atoms with Gasteiger partial charge in [-0.2, -0.15) is 0 Å². The van der Waals surface area contributed by atoms with Gasteiger partial charge in [0.1, 0.15) is 18.1 Å². The average Bonchev–Trinajstić information content (AvgIpc) is 3.37. The van der Waals surface area contributed by atoms with Crippen LogP contribution in [0, 0.1) is 5.92 Å². The van der Waals surface area contributed by atoms with Gasteiger partial charge in [0, 0.05) is 5.69 Å². The number of aromatic nitrogens is 1. The highest BCUT2D eigenvalue weighted by Crippen LogP contribution is 2.33. The van der Waals surface area contributed by atoms with E-state index in [1.165, 1.54) is 25.0 Å². The van der Waals surface area contributed by atoms with Crippen LogP contribution < -0.4 is 9.47 Å². The highest BCUT2D eigenvalue weighted by Gasteiger charge is 2.20. The molecule has 21 heavy (non-hydrogen) atoms. The molecular weight excluding hydrogens is 262 g/mol. The maximum atomic E-state index is 5.76. The van der Waals surface area contributed by atoms with E-state index in [4.69, 9.17) is 9.47 Å². The van der Waals surface area contributed by atoms with E-state index in [2.05, 4.69) is 11.1 Å². The van der Waals surface area contributed by atoms with Gasteiger partial charge in [-0.05, 0) is 48.6 Å². The molecule has 0 atom stereocenters. The summed E-state index contributed by atoms with van der Waals surface area (Å²) in [5, 5.41) is 0. The molecular formula is C18H21NO2. The molecule has 1 aliphatic rings. The van der Waals surface area contributed by atoms with Crippen molar-refractivity contribution >= 4 is 0 Å². The van der Waals surface area contributed by atoms with E-state index in [0.717, 1.165) is 29.4 Å². The Labute approximate surface area is 125 Å². The van der Waals surface area contributed by atoms with E-state index in [-0.39, 0.29) is 0 Å². The maximum absolute atomic E-state index is 5.76.